The van der Waals surface area contributed by atoms with Gasteiger partial charge >= 0.3 is 0 Å². The van der Waals surface area contributed by atoms with Crippen LogP contribution < -0.4 is 5.73 Å². The maximum Gasteiger partial charge on any atom is 0.173 e. The highest BCUT2D eigenvalue weighted by atomic mass is 79.9. The number of aromatic nitrogens is 1. The van der Waals surface area contributed by atoms with Gasteiger partial charge in [0.25, 0.3) is 0 Å². The van der Waals surface area contributed by atoms with Crippen LogP contribution in [0.1, 0.15) is 25.3 Å². The number of halogens is 1. The Hall–Kier alpha value is -0.810. The molecular weight excluding hydrogens is 276 g/mol. The molecule has 0 fully saturated rings. The third kappa shape index (κ3) is 1.94. The molecule has 0 radical (unpaired) electrons. The van der Waals surface area contributed by atoms with E-state index in [2.05, 4.69) is 34.9 Å². The minimum absolute atomic E-state index is 0.310. The zero-order valence-corrected chi connectivity index (χ0v) is 10.9. The van der Waals surface area contributed by atoms with E-state index in [-0.39, 0.29) is 0 Å². The van der Waals surface area contributed by atoms with Gasteiger partial charge < -0.3 is 10.3 Å². The van der Waals surface area contributed by atoms with Gasteiger partial charge in [-0.2, -0.15) is 0 Å². The topological polar surface area (TPSA) is 52.0 Å². The van der Waals surface area contributed by atoms with Crippen LogP contribution in [0.3, 0.4) is 0 Å². The van der Waals surface area contributed by atoms with E-state index in [1.807, 2.05) is 11.4 Å². The molecule has 2 N–H and O–H groups in total. The SMILES string of the molecule is CC(C)c1c(N)noc1-c1csc(Br)c1. The smallest absolute Gasteiger partial charge is 0.173 e. The number of rotatable bonds is 2. The molecule has 80 valence electrons. The van der Waals surface area contributed by atoms with E-state index in [1.165, 1.54) is 0 Å². The summed E-state index contributed by atoms with van der Waals surface area (Å²) in [7, 11) is 0. The first-order chi connectivity index (χ1) is 7.09. The molecule has 0 spiro atoms. The van der Waals surface area contributed by atoms with Crippen molar-refractivity contribution < 1.29 is 4.52 Å². The van der Waals surface area contributed by atoms with Crippen molar-refractivity contribution in [1.29, 1.82) is 0 Å². The van der Waals surface area contributed by atoms with Gasteiger partial charge in [0.1, 0.15) is 0 Å². The summed E-state index contributed by atoms with van der Waals surface area (Å²) in [6, 6.07) is 2.01. The molecule has 0 amide bonds. The molecule has 0 aromatic carbocycles. The first kappa shape index (κ1) is 10.7. The lowest BCUT2D eigenvalue weighted by molar-refractivity contribution is 0.434. The van der Waals surface area contributed by atoms with Gasteiger partial charge in [-0.15, -0.1) is 11.3 Å². The Morgan fingerprint density at radius 2 is 2.27 bits per heavy atom. The van der Waals surface area contributed by atoms with Crippen molar-refractivity contribution in [2.24, 2.45) is 0 Å². The molecule has 0 bridgehead atoms. The van der Waals surface area contributed by atoms with E-state index in [0.29, 0.717) is 11.7 Å². The highest BCUT2D eigenvalue weighted by Gasteiger charge is 2.19. The van der Waals surface area contributed by atoms with Gasteiger partial charge in [-0.05, 0) is 27.9 Å². The van der Waals surface area contributed by atoms with E-state index < -0.39 is 0 Å². The van der Waals surface area contributed by atoms with Crippen molar-refractivity contribution in [2.75, 3.05) is 5.73 Å². The van der Waals surface area contributed by atoms with Crippen LogP contribution in [0.2, 0.25) is 0 Å². The number of hydrogen-bond donors (Lipinski definition) is 1. The molecule has 0 aliphatic carbocycles. The predicted octanol–water partition coefficient (Wildman–Crippen LogP) is 3.87. The summed E-state index contributed by atoms with van der Waals surface area (Å²) >= 11 is 5.04. The second-order valence-corrected chi connectivity index (χ2v) is 5.90. The highest BCUT2D eigenvalue weighted by molar-refractivity contribution is 9.11. The molecule has 2 aromatic heterocycles. The van der Waals surface area contributed by atoms with Crippen molar-refractivity contribution in [1.82, 2.24) is 5.16 Å². The van der Waals surface area contributed by atoms with Crippen molar-refractivity contribution in [3.63, 3.8) is 0 Å². The number of anilines is 1. The lowest BCUT2D eigenvalue weighted by Crippen LogP contribution is -1.94. The predicted molar refractivity (Wildman–Crippen MR) is 66.0 cm³/mol. The fraction of sp³-hybridized carbons (Fsp3) is 0.300. The molecule has 0 aliphatic heterocycles. The van der Waals surface area contributed by atoms with Crippen molar-refractivity contribution in [3.8, 4) is 11.3 Å². The van der Waals surface area contributed by atoms with Crippen LogP contribution in [0.15, 0.2) is 19.8 Å². The molecule has 5 heteroatoms. The molecule has 15 heavy (non-hydrogen) atoms. The zero-order valence-electron chi connectivity index (χ0n) is 8.45. The number of nitrogens with zero attached hydrogens (tertiary/aromatic N) is 1. The Morgan fingerprint density at radius 3 is 2.80 bits per heavy atom. The van der Waals surface area contributed by atoms with Crippen molar-refractivity contribution in [2.45, 2.75) is 19.8 Å². The van der Waals surface area contributed by atoms with Gasteiger partial charge in [0.05, 0.1) is 3.79 Å². The standard InChI is InChI=1S/C10H11BrN2OS/c1-5(2)8-9(14-13-10(8)12)6-3-7(11)15-4-6/h3-5H,1-2H3,(H2,12,13). The summed E-state index contributed by atoms with van der Waals surface area (Å²) in [5, 5.41) is 5.84. The molecule has 0 saturated carbocycles. The summed E-state index contributed by atoms with van der Waals surface area (Å²) in [5.41, 5.74) is 7.79. The molecule has 2 aromatic rings. The first-order valence-electron chi connectivity index (χ1n) is 4.59. The zero-order chi connectivity index (χ0) is 11.0. The molecule has 0 saturated heterocycles. The Morgan fingerprint density at radius 1 is 1.53 bits per heavy atom. The van der Waals surface area contributed by atoms with Crippen molar-refractivity contribution >= 4 is 33.1 Å². The molecule has 3 nitrogen and oxygen atoms in total. The molecule has 2 rings (SSSR count). The lowest BCUT2D eigenvalue weighted by atomic mass is 10.0. The quantitative estimate of drug-likeness (QED) is 0.912. The van der Waals surface area contributed by atoms with Crippen LogP contribution in [0.4, 0.5) is 5.82 Å². The normalized spacial score (nSPS) is 11.2. The third-order valence-electron chi connectivity index (χ3n) is 2.16. The van der Waals surface area contributed by atoms with Gasteiger partial charge in [-0.1, -0.05) is 19.0 Å². The summed E-state index contributed by atoms with van der Waals surface area (Å²) < 4.78 is 6.34. The number of nitrogens with two attached hydrogens (primary N) is 1. The van der Waals surface area contributed by atoms with Gasteiger partial charge in [-0.3, -0.25) is 0 Å². The Bertz CT molecular complexity index is 475. The van der Waals surface area contributed by atoms with E-state index >= 15 is 0 Å². The van der Waals surface area contributed by atoms with Crippen LogP contribution in [0.5, 0.6) is 0 Å². The maximum atomic E-state index is 5.77. The third-order valence-corrected chi connectivity index (χ3v) is 3.67. The minimum Gasteiger partial charge on any atom is -0.381 e. The Kier molecular flexibility index (Phi) is 2.84. The number of hydrogen-bond acceptors (Lipinski definition) is 4. The molecule has 2 heterocycles. The van der Waals surface area contributed by atoms with Gasteiger partial charge in [-0.25, -0.2) is 0 Å². The maximum absolute atomic E-state index is 5.77. The second-order valence-electron chi connectivity index (χ2n) is 3.60. The first-order valence-corrected chi connectivity index (χ1v) is 6.26. The average molecular weight is 287 g/mol. The molecular formula is C10H11BrN2OS. The number of nitrogen functional groups attached to an aromatic ring is 1. The van der Waals surface area contributed by atoms with E-state index in [9.17, 15) is 0 Å². The molecule has 0 unspecified atom stereocenters. The van der Waals surface area contributed by atoms with Gasteiger partial charge in [0, 0.05) is 16.5 Å². The van der Waals surface area contributed by atoms with Crippen LogP contribution in [0.25, 0.3) is 11.3 Å². The van der Waals surface area contributed by atoms with Crippen molar-refractivity contribution in [3.05, 3.63) is 20.8 Å². The summed E-state index contributed by atoms with van der Waals surface area (Å²) in [4.78, 5) is 0. The van der Waals surface area contributed by atoms with E-state index in [1.54, 1.807) is 11.3 Å². The monoisotopic (exact) mass is 286 g/mol. The molecule has 0 atom stereocenters. The largest absolute Gasteiger partial charge is 0.381 e. The highest BCUT2D eigenvalue weighted by Crippen LogP contribution is 2.36. The molecule has 0 aliphatic rings. The minimum atomic E-state index is 0.310. The number of thiophene rings is 1. The summed E-state index contributed by atoms with van der Waals surface area (Å²) in [6.45, 7) is 4.15. The van der Waals surface area contributed by atoms with E-state index in [4.69, 9.17) is 10.3 Å². The van der Waals surface area contributed by atoms with Gasteiger partial charge in [0.2, 0.25) is 0 Å². The summed E-state index contributed by atoms with van der Waals surface area (Å²) in [5.74, 6) is 1.58. The van der Waals surface area contributed by atoms with Crippen LogP contribution in [-0.2, 0) is 0 Å². The van der Waals surface area contributed by atoms with Crippen LogP contribution in [-0.4, -0.2) is 5.16 Å². The van der Waals surface area contributed by atoms with Crippen LogP contribution in [0, 0.1) is 0 Å². The summed E-state index contributed by atoms with van der Waals surface area (Å²) in [6.07, 6.45) is 0. The Balaban J connectivity index is 2.53. The Labute approximate surface area is 100 Å². The average Bonchev–Trinajstić information content (AvgIpc) is 2.71. The lowest BCUT2D eigenvalue weighted by Gasteiger charge is -2.03. The second kappa shape index (κ2) is 3.98. The van der Waals surface area contributed by atoms with Gasteiger partial charge in [0.15, 0.2) is 11.6 Å². The fourth-order valence-electron chi connectivity index (χ4n) is 1.50. The fourth-order valence-corrected chi connectivity index (χ4v) is 2.64. The van der Waals surface area contributed by atoms with E-state index in [0.717, 1.165) is 20.7 Å². The van der Waals surface area contributed by atoms with Crippen LogP contribution >= 0.6 is 27.3 Å².